The van der Waals surface area contributed by atoms with Crippen LogP contribution in [0.25, 0.3) is 0 Å². The second-order valence-corrected chi connectivity index (χ2v) is 4.86. The van der Waals surface area contributed by atoms with Gasteiger partial charge < -0.3 is 19.9 Å². The molecule has 18 heavy (non-hydrogen) atoms. The number of carbonyl (C=O) groups excluding carboxylic acids is 1. The van der Waals surface area contributed by atoms with Crippen molar-refractivity contribution in [2.75, 3.05) is 7.11 Å². The first-order valence-electron chi connectivity index (χ1n) is 5.64. The zero-order valence-corrected chi connectivity index (χ0v) is 11.1. The van der Waals surface area contributed by atoms with E-state index >= 15 is 0 Å². The summed E-state index contributed by atoms with van der Waals surface area (Å²) in [4.78, 5) is 11.4. The maximum absolute atomic E-state index is 11.4. The Morgan fingerprint density at radius 3 is 2.56 bits per heavy atom. The summed E-state index contributed by atoms with van der Waals surface area (Å²) in [5.74, 6) is 0.442. The molecule has 0 bridgehead atoms. The van der Waals surface area contributed by atoms with Gasteiger partial charge in [0.05, 0.1) is 7.11 Å². The van der Waals surface area contributed by atoms with Crippen molar-refractivity contribution < 1.29 is 19.4 Å². The van der Waals surface area contributed by atoms with Gasteiger partial charge in [-0.3, -0.25) is 0 Å². The van der Waals surface area contributed by atoms with Crippen molar-refractivity contribution in [2.24, 2.45) is 0 Å². The summed E-state index contributed by atoms with van der Waals surface area (Å²) >= 11 is 0. The van der Waals surface area contributed by atoms with Crippen LogP contribution < -0.4 is 10.1 Å². The number of phenolic OH excluding ortho intramolecular Hbond substituents is 1. The highest BCUT2D eigenvalue weighted by Crippen LogP contribution is 2.26. The van der Waals surface area contributed by atoms with Crippen LogP contribution >= 0.6 is 0 Å². The lowest BCUT2D eigenvalue weighted by atomic mass is 10.2. The van der Waals surface area contributed by atoms with Gasteiger partial charge in [0.1, 0.15) is 5.60 Å². The Labute approximate surface area is 107 Å². The fourth-order valence-corrected chi connectivity index (χ4v) is 1.33. The molecular formula is C13H19NO4. The normalized spacial score (nSPS) is 10.9. The van der Waals surface area contributed by atoms with E-state index in [2.05, 4.69) is 5.32 Å². The van der Waals surface area contributed by atoms with Crippen molar-refractivity contribution in [2.45, 2.75) is 32.9 Å². The maximum atomic E-state index is 11.4. The van der Waals surface area contributed by atoms with Gasteiger partial charge in [-0.2, -0.15) is 0 Å². The minimum Gasteiger partial charge on any atom is -0.504 e. The summed E-state index contributed by atoms with van der Waals surface area (Å²) < 4.78 is 10.0. The number of carbonyl (C=O) groups is 1. The van der Waals surface area contributed by atoms with E-state index in [4.69, 9.17) is 9.47 Å². The second kappa shape index (κ2) is 5.62. The first kappa shape index (κ1) is 14.2. The van der Waals surface area contributed by atoms with Gasteiger partial charge in [0, 0.05) is 6.54 Å². The lowest BCUT2D eigenvalue weighted by Gasteiger charge is -2.19. The number of hydrogen-bond donors (Lipinski definition) is 2. The zero-order chi connectivity index (χ0) is 13.8. The molecule has 100 valence electrons. The van der Waals surface area contributed by atoms with Crippen LogP contribution in [-0.2, 0) is 11.3 Å². The minimum atomic E-state index is -0.522. The zero-order valence-electron chi connectivity index (χ0n) is 11.1. The fourth-order valence-electron chi connectivity index (χ4n) is 1.33. The van der Waals surface area contributed by atoms with Gasteiger partial charge in [-0.25, -0.2) is 4.79 Å². The van der Waals surface area contributed by atoms with E-state index in [-0.39, 0.29) is 12.3 Å². The molecule has 1 aromatic rings. The monoisotopic (exact) mass is 253 g/mol. The first-order valence-corrected chi connectivity index (χ1v) is 5.64. The lowest BCUT2D eigenvalue weighted by Crippen LogP contribution is -2.32. The molecule has 5 heteroatoms. The Morgan fingerprint density at radius 1 is 1.39 bits per heavy atom. The number of benzene rings is 1. The molecule has 0 aromatic heterocycles. The summed E-state index contributed by atoms with van der Waals surface area (Å²) in [7, 11) is 1.48. The van der Waals surface area contributed by atoms with Gasteiger partial charge in [0.2, 0.25) is 0 Å². The number of phenols is 1. The number of aromatic hydroxyl groups is 1. The van der Waals surface area contributed by atoms with Crippen molar-refractivity contribution in [3.8, 4) is 11.5 Å². The molecule has 2 N–H and O–H groups in total. The summed E-state index contributed by atoms with van der Waals surface area (Å²) in [6, 6.07) is 4.94. The number of amides is 1. The molecule has 0 radical (unpaired) electrons. The van der Waals surface area contributed by atoms with Gasteiger partial charge in [-0.1, -0.05) is 6.07 Å². The van der Waals surface area contributed by atoms with E-state index < -0.39 is 11.7 Å². The average molecular weight is 253 g/mol. The van der Waals surface area contributed by atoms with Crippen LogP contribution in [0.4, 0.5) is 4.79 Å². The minimum absolute atomic E-state index is 0.0426. The summed E-state index contributed by atoms with van der Waals surface area (Å²) in [6.07, 6.45) is -0.488. The van der Waals surface area contributed by atoms with Gasteiger partial charge >= 0.3 is 6.09 Å². The summed E-state index contributed by atoms with van der Waals surface area (Å²) in [5.41, 5.74) is 0.241. The van der Waals surface area contributed by atoms with Crippen molar-refractivity contribution in [1.29, 1.82) is 0 Å². The Morgan fingerprint density at radius 2 is 2.06 bits per heavy atom. The molecule has 0 fully saturated rings. The fraction of sp³-hybridized carbons (Fsp3) is 0.462. The van der Waals surface area contributed by atoms with Crippen LogP contribution in [0.2, 0.25) is 0 Å². The van der Waals surface area contributed by atoms with E-state index in [1.165, 1.54) is 13.2 Å². The summed E-state index contributed by atoms with van der Waals surface area (Å²) in [6.45, 7) is 5.68. The predicted octanol–water partition coefficient (Wildman–Crippen LogP) is 2.43. The van der Waals surface area contributed by atoms with Crippen LogP contribution in [0.15, 0.2) is 18.2 Å². The third-order valence-corrected chi connectivity index (χ3v) is 2.08. The number of methoxy groups -OCH3 is 1. The largest absolute Gasteiger partial charge is 0.504 e. The topological polar surface area (TPSA) is 67.8 Å². The summed E-state index contributed by atoms with van der Waals surface area (Å²) in [5, 5.41) is 12.2. The molecule has 0 atom stereocenters. The van der Waals surface area contributed by atoms with Gasteiger partial charge in [0.15, 0.2) is 11.5 Å². The van der Waals surface area contributed by atoms with Crippen LogP contribution in [0, 0.1) is 0 Å². The molecule has 0 aliphatic rings. The van der Waals surface area contributed by atoms with Crippen LogP contribution in [0.3, 0.4) is 0 Å². The van der Waals surface area contributed by atoms with E-state index in [0.717, 1.165) is 5.56 Å². The highest BCUT2D eigenvalue weighted by molar-refractivity contribution is 5.67. The van der Waals surface area contributed by atoms with Crippen molar-refractivity contribution in [3.63, 3.8) is 0 Å². The molecule has 1 rings (SSSR count). The Bertz CT molecular complexity index is 423. The smallest absolute Gasteiger partial charge is 0.407 e. The Hall–Kier alpha value is -1.91. The molecule has 0 aliphatic heterocycles. The maximum Gasteiger partial charge on any atom is 0.407 e. The van der Waals surface area contributed by atoms with Gasteiger partial charge in [-0.15, -0.1) is 0 Å². The molecule has 1 amide bonds. The molecule has 0 heterocycles. The first-order chi connectivity index (χ1) is 8.31. The van der Waals surface area contributed by atoms with E-state index in [0.29, 0.717) is 5.75 Å². The molecule has 0 unspecified atom stereocenters. The van der Waals surface area contributed by atoms with E-state index in [1.807, 2.05) is 0 Å². The number of alkyl carbamates (subject to hydrolysis) is 1. The number of rotatable bonds is 3. The molecular weight excluding hydrogens is 234 g/mol. The number of hydrogen-bond acceptors (Lipinski definition) is 4. The molecule has 0 aliphatic carbocycles. The molecule has 1 aromatic carbocycles. The van der Waals surface area contributed by atoms with Crippen molar-refractivity contribution in [1.82, 2.24) is 5.32 Å². The third-order valence-electron chi connectivity index (χ3n) is 2.08. The van der Waals surface area contributed by atoms with Crippen LogP contribution in [0.1, 0.15) is 26.3 Å². The van der Waals surface area contributed by atoms with Crippen molar-refractivity contribution in [3.05, 3.63) is 23.8 Å². The van der Waals surface area contributed by atoms with Crippen molar-refractivity contribution >= 4 is 6.09 Å². The quantitative estimate of drug-likeness (QED) is 0.868. The van der Waals surface area contributed by atoms with Crippen LogP contribution in [0.5, 0.6) is 11.5 Å². The molecule has 0 saturated heterocycles. The standard InChI is InChI=1S/C13H19NO4/c1-13(2,3)18-12(16)14-8-9-5-6-11(17-4)10(15)7-9/h5-7,15H,8H2,1-4H3,(H,14,16). The van der Waals surface area contributed by atoms with E-state index in [1.54, 1.807) is 32.9 Å². The molecule has 0 spiro atoms. The highest BCUT2D eigenvalue weighted by atomic mass is 16.6. The lowest BCUT2D eigenvalue weighted by molar-refractivity contribution is 0.0523. The van der Waals surface area contributed by atoms with E-state index in [9.17, 15) is 9.90 Å². The Balaban J connectivity index is 2.54. The Kier molecular flexibility index (Phi) is 4.42. The third kappa shape index (κ3) is 4.53. The SMILES string of the molecule is COc1ccc(CNC(=O)OC(C)(C)C)cc1O. The van der Waals surface area contributed by atoms with Gasteiger partial charge in [-0.05, 0) is 38.5 Å². The molecule has 0 saturated carbocycles. The van der Waals surface area contributed by atoms with Crippen LogP contribution in [-0.4, -0.2) is 23.9 Å². The highest BCUT2D eigenvalue weighted by Gasteiger charge is 2.15. The average Bonchev–Trinajstić information content (AvgIpc) is 2.24. The van der Waals surface area contributed by atoms with Gasteiger partial charge in [0.25, 0.3) is 0 Å². The predicted molar refractivity (Wildman–Crippen MR) is 67.7 cm³/mol. The number of nitrogens with one attached hydrogen (secondary N) is 1. The molecule has 5 nitrogen and oxygen atoms in total. The number of ether oxygens (including phenoxy) is 2. The second-order valence-electron chi connectivity index (χ2n) is 4.86.